The van der Waals surface area contributed by atoms with Gasteiger partial charge in [-0.25, -0.2) is 0 Å². The van der Waals surface area contributed by atoms with E-state index in [9.17, 15) is 18.0 Å². The molecule has 0 aliphatic carbocycles. The minimum absolute atomic E-state index is 0.0670. The third kappa shape index (κ3) is 4.75. The van der Waals surface area contributed by atoms with Gasteiger partial charge >= 0.3 is 6.18 Å². The Labute approximate surface area is 160 Å². The second-order valence-corrected chi connectivity index (χ2v) is 6.29. The quantitative estimate of drug-likeness (QED) is 0.675. The van der Waals surface area contributed by atoms with Gasteiger partial charge in [-0.2, -0.15) is 13.2 Å². The SMILES string of the molecule is NC(Cc1ccncc1)c1ccccc1C(=O)Nc1cccc(C(F)(F)F)c1. The van der Waals surface area contributed by atoms with Crippen molar-refractivity contribution in [1.29, 1.82) is 0 Å². The molecule has 2 aromatic carbocycles. The summed E-state index contributed by atoms with van der Waals surface area (Å²) >= 11 is 0. The van der Waals surface area contributed by atoms with Gasteiger partial charge in [0.1, 0.15) is 0 Å². The van der Waals surface area contributed by atoms with Crippen molar-refractivity contribution in [3.63, 3.8) is 0 Å². The number of benzene rings is 2. The molecule has 0 radical (unpaired) electrons. The third-order valence-electron chi connectivity index (χ3n) is 4.26. The van der Waals surface area contributed by atoms with Crippen LogP contribution in [0.15, 0.2) is 73.1 Å². The van der Waals surface area contributed by atoms with Crippen molar-refractivity contribution in [2.24, 2.45) is 5.73 Å². The molecule has 0 aliphatic rings. The lowest BCUT2D eigenvalue weighted by Crippen LogP contribution is -2.21. The van der Waals surface area contributed by atoms with E-state index >= 15 is 0 Å². The van der Waals surface area contributed by atoms with E-state index in [0.717, 1.165) is 17.7 Å². The summed E-state index contributed by atoms with van der Waals surface area (Å²) in [6.07, 6.45) is -0.662. The molecule has 0 spiro atoms. The average molecular weight is 385 g/mol. The molecule has 0 fully saturated rings. The maximum absolute atomic E-state index is 12.9. The van der Waals surface area contributed by atoms with Crippen LogP contribution in [0.2, 0.25) is 0 Å². The first-order chi connectivity index (χ1) is 13.3. The van der Waals surface area contributed by atoms with E-state index in [4.69, 9.17) is 5.73 Å². The zero-order chi connectivity index (χ0) is 20.1. The molecule has 0 saturated carbocycles. The highest BCUT2D eigenvalue weighted by Crippen LogP contribution is 2.31. The van der Waals surface area contributed by atoms with Gasteiger partial charge in [0.2, 0.25) is 0 Å². The Morgan fingerprint density at radius 1 is 1.04 bits per heavy atom. The second kappa shape index (κ2) is 8.22. The largest absolute Gasteiger partial charge is 0.416 e. The molecule has 0 bridgehead atoms. The van der Waals surface area contributed by atoms with Crippen molar-refractivity contribution in [1.82, 2.24) is 4.98 Å². The Morgan fingerprint density at radius 3 is 2.46 bits per heavy atom. The number of amides is 1. The Bertz CT molecular complexity index is 958. The Hall–Kier alpha value is -3.19. The lowest BCUT2D eigenvalue weighted by atomic mass is 9.95. The van der Waals surface area contributed by atoms with Crippen molar-refractivity contribution in [2.75, 3.05) is 5.32 Å². The summed E-state index contributed by atoms with van der Waals surface area (Å²) in [4.78, 5) is 16.7. The molecule has 1 aromatic heterocycles. The maximum atomic E-state index is 12.9. The molecule has 28 heavy (non-hydrogen) atoms. The zero-order valence-corrected chi connectivity index (χ0v) is 14.8. The van der Waals surface area contributed by atoms with E-state index < -0.39 is 23.7 Å². The van der Waals surface area contributed by atoms with E-state index in [2.05, 4.69) is 10.3 Å². The number of nitrogens with one attached hydrogen (secondary N) is 1. The summed E-state index contributed by atoms with van der Waals surface area (Å²) in [7, 11) is 0. The first-order valence-electron chi connectivity index (χ1n) is 8.56. The number of nitrogens with two attached hydrogens (primary N) is 1. The predicted molar refractivity (Wildman–Crippen MR) is 101 cm³/mol. The van der Waals surface area contributed by atoms with Crippen molar-refractivity contribution in [3.8, 4) is 0 Å². The summed E-state index contributed by atoms with van der Waals surface area (Å²) in [6, 6.07) is 14.5. The molecule has 1 atom stereocenters. The fourth-order valence-corrected chi connectivity index (χ4v) is 2.88. The summed E-state index contributed by atoms with van der Waals surface area (Å²) < 4.78 is 38.6. The number of halogens is 3. The number of hydrogen-bond donors (Lipinski definition) is 2. The van der Waals surface area contributed by atoms with Crippen LogP contribution < -0.4 is 11.1 Å². The molecule has 4 nitrogen and oxygen atoms in total. The summed E-state index contributed by atoms with van der Waals surface area (Å²) in [5, 5.41) is 2.53. The van der Waals surface area contributed by atoms with Gasteiger partial charge in [-0.15, -0.1) is 0 Å². The Morgan fingerprint density at radius 2 is 1.75 bits per heavy atom. The van der Waals surface area contributed by atoms with Crippen LogP contribution >= 0.6 is 0 Å². The number of carbonyl (C=O) groups excluding carboxylic acids is 1. The van der Waals surface area contributed by atoms with Gasteiger partial charge in [-0.1, -0.05) is 24.3 Å². The monoisotopic (exact) mass is 385 g/mol. The highest BCUT2D eigenvalue weighted by atomic mass is 19.4. The second-order valence-electron chi connectivity index (χ2n) is 6.29. The van der Waals surface area contributed by atoms with Crippen LogP contribution in [0.3, 0.4) is 0 Å². The lowest BCUT2D eigenvalue weighted by Gasteiger charge is -2.17. The minimum Gasteiger partial charge on any atom is -0.324 e. The Kier molecular flexibility index (Phi) is 5.75. The summed E-state index contributed by atoms with van der Waals surface area (Å²) in [5.41, 5.74) is 7.44. The molecule has 3 N–H and O–H groups in total. The molecule has 0 aliphatic heterocycles. The normalized spacial score (nSPS) is 12.4. The van der Waals surface area contributed by atoms with E-state index in [1.54, 1.807) is 36.7 Å². The van der Waals surface area contributed by atoms with Crippen molar-refractivity contribution in [3.05, 3.63) is 95.3 Å². The third-order valence-corrected chi connectivity index (χ3v) is 4.26. The molecular weight excluding hydrogens is 367 g/mol. The highest BCUT2D eigenvalue weighted by Gasteiger charge is 2.30. The van der Waals surface area contributed by atoms with Crippen molar-refractivity contribution in [2.45, 2.75) is 18.6 Å². The number of nitrogens with zero attached hydrogens (tertiary/aromatic N) is 1. The van der Waals surface area contributed by atoms with Gasteiger partial charge in [0.05, 0.1) is 5.56 Å². The van der Waals surface area contributed by atoms with Crippen LogP contribution in [-0.2, 0) is 12.6 Å². The minimum atomic E-state index is -4.48. The molecule has 144 valence electrons. The first-order valence-corrected chi connectivity index (χ1v) is 8.56. The van der Waals surface area contributed by atoms with Gasteiger partial charge in [-0.3, -0.25) is 9.78 Å². The summed E-state index contributed by atoms with van der Waals surface area (Å²) in [5.74, 6) is -0.514. The lowest BCUT2D eigenvalue weighted by molar-refractivity contribution is -0.137. The highest BCUT2D eigenvalue weighted by molar-refractivity contribution is 6.05. The van der Waals surface area contributed by atoms with Gasteiger partial charge in [0.25, 0.3) is 5.91 Å². The van der Waals surface area contributed by atoms with Gasteiger partial charge in [0, 0.05) is 29.7 Å². The van der Waals surface area contributed by atoms with Crippen LogP contribution in [0.25, 0.3) is 0 Å². The van der Waals surface area contributed by atoms with Crippen LogP contribution in [0, 0.1) is 0 Å². The fourth-order valence-electron chi connectivity index (χ4n) is 2.88. The van der Waals surface area contributed by atoms with Crippen molar-refractivity contribution >= 4 is 11.6 Å². The van der Waals surface area contributed by atoms with Crippen LogP contribution in [0.4, 0.5) is 18.9 Å². The van der Waals surface area contributed by atoms with E-state index in [0.29, 0.717) is 17.5 Å². The average Bonchev–Trinajstić information content (AvgIpc) is 2.68. The number of pyridine rings is 1. The van der Waals surface area contributed by atoms with Crippen molar-refractivity contribution < 1.29 is 18.0 Å². The molecule has 1 unspecified atom stereocenters. The van der Waals surface area contributed by atoms with Crippen LogP contribution in [0.1, 0.15) is 33.1 Å². The van der Waals surface area contributed by atoms with Crippen LogP contribution in [0.5, 0.6) is 0 Å². The van der Waals surface area contributed by atoms with Gasteiger partial charge in [0.15, 0.2) is 0 Å². The first kappa shape index (κ1) is 19.6. The van der Waals surface area contributed by atoms with Gasteiger partial charge in [-0.05, 0) is 53.9 Å². The van der Waals surface area contributed by atoms with E-state index in [1.807, 2.05) is 12.1 Å². The zero-order valence-electron chi connectivity index (χ0n) is 14.8. The molecule has 3 aromatic rings. The maximum Gasteiger partial charge on any atom is 0.416 e. The predicted octanol–water partition coefficient (Wildman–Crippen LogP) is 4.60. The molecule has 1 amide bonds. The fraction of sp³-hybridized carbons (Fsp3) is 0.143. The molecule has 7 heteroatoms. The molecule has 3 rings (SSSR count). The molecule has 1 heterocycles. The number of carbonyl (C=O) groups is 1. The summed E-state index contributed by atoms with van der Waals surface area (Å²) in [6.45, 7) is 0. The number of rotatable bonds is 5. The smallest absolute Gasteiger partial charge is 0.324 e. The van der Waals surface area contributed by atoms with E-state index in [-0.39, 0.29) is 5.69 Å². The van der Waals surface area contributed by atoms with E-state index in [1.165, 1.54) is 12.1 Å². The number of aromatic nitrogens is 1. The topological polar surface area (TPSA) is 68.0 Å². The number of anilines is 1. The number of alkyl halides is 3. The standard InChI is InChI=1S/C21H18F3N3O/c22-21(23,24)15-4-3-5-16(13-15)27-20(28)18-7-2-1-6-17(18)19(25)12-14-8-10-26-11-9-14/h1-11,13,19H,12,25H2,(H,27,28). The molecular formula is C21H18F3N3O. The molecule has 0 saturated heterocycles. The Balaban J connectivity index is 1.81. The number of hydrogen-bond acceptors (Lipinski definition) is 3. The van der Waals surface area contributed by atoms with Gasteiger partial charge < -0.3 is 11.1 Å². The van der Waals surface area contributed by atoms with Crippen LogP contribution in [-0.4, -0.2) is 10.9 Å².